The van der Waals surface area contributed by atoms with Crippen LogP contribution in [0.2, 0.25) is 0 Å². The Balaban J connectivity index is 1.38. The van der Waals surface area contributed by atoms with Crippen LogP contribution in [0.1, 0.15) is 23.8 Å². The minimum Gasteiger partial charge on any atom is -0.306 e. The number of nitrogens with one attached hydrogen (secondary N) is 1. The van der Waals surface area contributed by atoms with E-state index in [4.69, 9.17) is 0 Å². The number of hydrogen-bond acceptors (Lipinski definition) is 4. The molecule has 6 nitrogen and oxygen atoms in total. The van der Waals surface area contributed by atoms with E-state index in [1.165, 1.54) is 0 Å². The predicted molar refractivity (Wildman–Crippen MR) is 87.3 cm³/mol. The van der Waals surface area contributed by atoms with E-state index in [9.17, 15) is 0 Å². The second-order valence-electron chi connectivity index (χ2n) is 5.96. The Bertz CT molecular complexity index is 789. The van der Waals surface area contributed by atoms with Gasteiger partial charge in [-0.1, -0.05) is 18.2 Å². The van der Waals surface area contributed by atoms with Gasteiger partial charge in [0.1, 0.15) is 11.6 Å². The second-order valence-corrected chi connectivity index (χ2v) is 5.96. The van der Waals surface area contributed by atoms with Crippen LogP contribution >= 0.6 is 0 Å². The SMILES string of the molecule is Cc1nc2n(n1)CC(NCc1ccn(-c3ccccc3)n1)CC2. The minimum absolute atomic E-state index is 0.422. The lowest BCUT2D eigenvalue weighted by Gasteiger charge is -2.23. The lowest BCUT2D eigenvalue weighted by atomic mass is 10.1. The highest BCUT2D eigenvalue weighted by Gasteiger charge is 2.20. The van der Waals surface area contributed by atoms with Crippen molar-refractivity contribution in [3.8, 4) is 5.69 Å². The zero-order valence-electron chi connectivity index (χ0n) is 13.2. The molecule has 0 amide bonds. The Labute approximate surface area is 135 Å². The molecule has 3 aromatic rings. The normalized spacial score (nSPS) is 17.2. The van der Waals surface area contributed by atoms with Crippen molar-refractivity contribution in [2.24, 2.45) is 0 Å². The molecule has 2 aromatic heterocycles. The average Bonchev–Trinajstić information content (AvgIpc) is 3.18. The van der Waals surface area contributed by atoms with Crippen molar-refractivity contribution in [1.29, 1.82) is 0 Å². The summed E-state index contributed by atoms with van der Waals surface area (Å²) < 4.78 is 3.94. The van der Waals surface area contributed by atoms with Crippen molar-refractivity contribution in [3.63, 3.8) is 0 Å². The topological polar surface area (TPSA) is 60.6 Å². The van der Waals surface area contributed by atoms with Crippen molar-refractivity contribution in [1.82, 2.24) is 29.9 Å². The highest BCUT2D eigenvalue weighted by Crippen LogP contribution is 2.13. The molecule has 0 radical (unpaired) electrons. The summed E-state index contributed by atoms with van der Waals surface area (Å²) in [4.78, 5) is 4.45. The van der Waals surface area contributed by atoms with E-state index in [1.54, 1.807) is 0 Å². The van der Waals surface area contributed by atoms with Crippen LogP contribution in [0.15, 0.2) is 42.6 Å². The van der Waals surface area contributed by atoms with Gasteiger partial charge in [-0.15, -0.1) is 0 Å². The number of para-hydroxylation sites is 1. The molecule has 0 fully saturated rings. The molecule has 23 heavy (non-hydrogen) atoms. The van der Waals surface area contributed by atoms with E-state index in [2.05, 4.69) is 38.7 Å². The van der Waals surface area contributed by atoms with Crippen molar-refractivity contribution in [2.45, 2.75) is 38.9 Å². The van der Waals surface area contributed by atoms with Gasteiger partial charge in [0, 0.05) is 25.2 Å². The summed E-state index contributed by atoms with van der Waals surface area (Å²) in [5.74, 6) is 1.97. The number of benzene rings is 1. The van der Waals surface area contributed by atoms with Crippen molar-refractivity contribution in [3.05, 3.63) is 59.9 Å². The zero-order chi connectivity index (χ0) is 15.6. The van der Waals surface area contributed by atoms with Crippen molar-refractivity contribution >= 4 is 0 Å². The molecule has 1 aliphatic heterocycles. The van der Waals surface area contributed by atoms with Crippen LogP contribution in [0.25, 0.3) is 5.69 Å². The Hall–Kier alpha value is -2.47. The number of fused-ring (bicyclic) bond motifs is 1. The molecule has 0 saturated heterocycles. The highest BCUT2D eigenvalue weighted by atomic mass is 15.4. The molecule has 1 N–H and O–H groups in total. The van der Waals surface area contributed by atoms with Crippen LogP contribution < -0.4 is 5.32 Å². The van der Waals surface area contributed by atoms with Gasteiger partial charge >= 0.3 is 0 Å². The van der Waals surface area contributed by atoms with Gasteiger partial charge in [-0.05, 0) is 31.5 Å². The molecule has 0 aliphatic carbocycles. The molecule has 4 rings (SSSR count). The van der Waals surface area contributed by atoms with Gasteiger partial charge in [-0.3, -0.25) is 0 Å². The van der Waals surface area contributed by atoms with Crippen LogP contribution in [0.5, 0.6) is 0 Å². The summed E-state index contributed by atoms with van der Waals surface area (Å²) in [6, 6.07) is 12.7. The van der Waals surface area contributed by atoms with E-state index in [1.807, 2.05) is 40.7 Å². The zero-order valence-corrected chi connectivity index (χ0v) is 13.2. The molecule has 0 bridgehead atoms. The van der Waals surface area contributed by atoms with Crippen LogP contribution in [0, 0.1) is 6.92 Å². The third-order valence-corrected chi connectivity index (χ3v) is 4.20. The van der Waals surface area contributed by atoms with Gasteiger partial charge in [-0.2, -0.15) is 10.2 Å². The fraction of sp³-hybridized carbons (Fsp3) is 0.353. The first-order chi connectivity index (χ1) is 11.3. The lowest BCUT2D eigenvalue weighted by Crippen LogP contribution is -2.37. The largest absolute Gasteiger partial charge is 0.306 e. The number of rotatable bonds is 4. The second kappa shape index (κ2) is 5.96. The predicted octanol–water partition coefficient (Wildman–Crippen LogP) is 1.88. The van der Waals surface area contributed by atoms with Crippen molar-refractivity contribution < 1.29 is 0 Å². The number of hydrogen-bond donors (Lipinski definition) is 1. The fourth-order valence-corrected chi connectivity index (χ4v) is 3.03. The summed E-state index contributed by atoms with van der Waals surface area (Å²) in [6.45, 7) is 3.60. The number of nitrogens with zero attached hydrogens (tertiary/aromatic N) is 5. The summed E-state index contributed by atoms with van der Waals surface area (Å²) in [7, 11) is 0. The molecule has 1 aromatic carbocycles. The fourth-order valence-electron chi connectivity index (χ4n) is 3.03. The van der Waals surface area contributed by atoms with Crippen LogP contribution in [0.4, 0.5) is 0 Å². The Morgan fingerprint density at radius 3 is 2.91 bits per heavy atom. The summed E-state index contributed by atoms with van der Waals surface area (Å²) in [6.07, 6.45) is 4.08. The summed E-state index contributed by atoms with van der Waals surface area (Å²) in [5.41, 5.74) is 2.13. The standard InChI is InChI=1S/C17H20N6/c1-13-19-17-8-7-15(12-23(17)20-13)18-11-14-9-10-22(21-14)16-5-3-2-4-6-16/h2-6,9-10,15,18H,7-8,11-12H2,1H3. The first-order valence-electron chi connectivity index (χ1n) is 8.01. The van der Waals surface area contributed by atoms with Gasteiger partial charge in [0.05, 0.1) is 17.9 Å². The molecule has 118 valence electrons. The number of aromatic nitrogens is 5. The first kappa shape index (κ1) is 14.1. The quantitative estimate of drug-likeness (QED) is 0.799. The number of aryl methyl sites for hydroxylation is 2. The highest BCUT2D eigenvalue weighted by molar-refractivity contribution is 5.30. The Kier molecular flexibility index (Phi) is 3.67. The molecular formula is C17H20N6. The van der Waals surface area contributed by atoms with Gasteiger partial charge in [0.2, 0.25) is 0 Å². The summed E-state index contributed by atoms with van der Waals surface area (Å²) in [5, 5.41) is 12.7. The molecule has 6 heteroatoms. The van der Waals surface area contributed by atoms with E-state index in [0.717, 1.165) is 49.0 Å². The third-order valence-electron chi connectivity index (χ3n) is 4.20. The molecule has 1 aliphatic rings. The summed E-state index contributed by atoms with van der Waals surface area (Å²) >= 11 is 0. The molecule has 0 saturated carbocycles. The van der Waals surface area contributed by atoms with E-state index < -0.39 is 0 Å². The minimum atomic E-state index is 0.422. The van der Waals surface area contributed by atoms with Gasteiger partial charge in [-0.25, -0.2) is 14.3 Å². The molecule has 0 spiro atoms. The maximum Gasteiger partial charge on any atom is 0.147 e. The maximum absolute atomic E-state index is 4.63. The monoisotopic (exact) mass is 308 g/mol. The van der Waals surface area contributed by atoms with Crippen LogP contribution in [-0.4, -0.2) is 30.6 Å². The molecule has 1 atom stereocenters. The molecule has 1 unspecified atom stereocenters. The van der Waals surface area contributed by atoms with Gasteiger partial charge in [0.15, 0.2) is 0 Å². The van der Waals surface area contributed by atoms with E-state index in [-0.39, 0.29) is 0 Å². The smallest absolute Gasteiger partial charge is 0.147 e. The van der Waals surface area contributed by atoms with Crippen LogP contribution in [-0.2, 0) is 19.5 Å². The van der Waals surface area contributed by atoms with Crippen LogP contribution in [0.3, 0.4) is 0 Å². The molecular weight excluding hydrogens is 288 g/mol. The Morgan fingerprint density at radius 1 is 1.17 bits per heavy atom. The van der Waals surface area contributed by atoms with Crippen molar-refractivity contribution in [2.75, 3.05) is 0 Å². The Morgan fingerprint density at radius 2 is 2.04 bits per heavy atom. The first-order valence-corrected chi connectivity index (χ1v) is 8.01. The van der Waals surface area contributed by atoms with Gasteiger partial charge < -0.3 is 5.32 Å². The average molecular weight is 308 g/mol. The maximum atomic E-state index is 4.63. The van der Waals surface area contributed by atoms with E-state index >= 15 is 0 Å². The van der Waals surface area contributed by atoms with E-state index in [0.29, 0.717) is 6.04 Å². The molecule has 3 heterocycles. The van der Waals surface area contributed by atoms with Gasteiger partial charge in [0.25, 0.3) is 0 Å². The lowest BCUT2D eigenvalue weighted by molar-refractivity contribution is 0.356. The third kappa shape index (κ3) is 3.03.